The number of hydrogen-bond donors (Lipinski definition) is 2. The van der Waals surface area contributed by atoms with Gasteiger partial charge in [0.1, 0.15) is 0 Å². The summed E-state index contributed by atoms with van der Waals surface area (Å²) in [4.78, 5) is 23.6. The van der Waals surface area contributed by atoms with Crippen molar-refractivity contribution in [3.63, 3.8) is 0 Å². The van der Waals surface area contributed by atoms with Crippen molar-refractivity contribution in [1.82, 2.24) is 0 Å². The van der Waals surface area contributed by atoms with E-state index >= 15 is 0 Å². The molecule has 21 heavy (non-hydrogen) atoms. The van der Waals surface area contributed by atoms with Crippen LogP contribution in [0.15, 0.2) is 36.4 Å². The van der Waals surface area contributed by atoms with Gasteiger partial charge in [0.05, 0.1) is 17.1 Å². The molecule has 0 fully saturated rings. The minimum absolute atomic E-state index is 0.0526. The highest BCUT2D eigenvalue weighted by atomic mass is 127. The molecule has 0 radical (unpaired) electrons. The molecule has 0 bridgehead atoms. The predicted molar refractivity (Wildman–Crippen MR) is 90.9 cm³/mol. The van der Waals surface area contributed by atoms with Gasteiger partial charge in [-0.15, -0.1) is 0 Å². The van der Waals surface area contributed by atoms with E-state index in [9.17, 15) is 9.59 Å². The van der Waals surface area contributed by atoms with Gasteiger partial charge in [-0.2, -0.15) is 0 Å². The number of anilines is 2. The molecule has 106 valence electrons. The molecule has 0 unspecified atom stereocenters. The summed E-state index contributed by atoms with van der Waals surface area (Å²) in [6.45, 7) is 0. The fourth-order valence-electron chi connectivity index (χ4n) is 2.14. The van der Waals surface area contributed by atoms with E-state index in [-0.39, 0.29) is 11.8 Å². The second-order valence-corrected chi connectivity index (χ2v) is 6.33. The van der Waals surface area contributed by atoms with Crippen LogP contribution in [0, 0.1) is 3.57 Å². The van der Waals surface area contributed by atoms with Crippen LogP contribution in [0.4, 0.5) is 11.4 Å². The molecule has 2 amide bonds. The van der Waals surface area contributed by atoms with Crippen LogP contribution in [0.3, 0.4) is 0 Å². The van der Waals surface area contributed by atoms with Crippen molar-refractivity contribution >= 4 is 57.4 Å². The fraction of sp³-hybridized carbons (Fsp3) is 0.0667. The molecule has 0 aliphatic carbocycles. The van der Waals surface area contributed by atoms with Gasteiger partial charge in [0.2, 0.25) is 5.91 Å². The molecule has 0 saturated carbocycles. The number of amides is 2. The third-order valence-corrected chi connectivity index (χ3v) is 4.16. The van der Waals surface area contributed by atoms with Crippen molar-refractivity contribution in [2.24, 2.45) is 0 Å². The Balaban J connectivity index is 1.83. The van der Waals surface area contributed by atoms with E-state index in [1.807, 2.05) is 6.07 Å². The van der Waals surface area contributed by atoms with Gasteiger partial charge < -0.3 is 10.6 Å². The predicted octanol–water partition coefficient (Wildman–Crippen LogP) is 3.69. The number of carbonyl (C=O) groups is 2. The summed E-state index contributed by atoms with van der Waals surface area (Å²) in [5, 5.41) is 5.99. The summed E-state index contributed by atoms with van der Waals surface area (Å²) in [7, 11) is 0. The Bertz CT molecular complexity index is 761. The van der Waals surface area contributed by atoms with Gasteiger partial charge in [0, 0.05) is 14.8 Å². The zero-order valence-corrected chi connectivity index (χ0v) is 13.7. The number of carbonyl (C=O) groups excluding carboxylic acids is 2. The van der Waals surface area contributed by atoms with E-state index in [4.69, 9.17) is 11.6 Å². The average molecular weight is 413 g/mol. The van der Waals surface area contributed by atoms with Crippen LogP contribution in [-0.4, -0.2) is 11.8 Å². The molecule has 2 aromatic rings. The summed E-state index contributed by atoms with van der Waals surface area (Å²) in [6.07, 6.45) is 0.361. The van der Waals surface area contributed by atoms with Gasteiger partial charge in [-0.1, -0.05) is 17.7 Å². The zero-order valence-electron chi connectivity index (χ0n) is 10.7. The van der Waals surface area contributed by atoms with Gasteiger partial charge in [0.25, 0.3) is 5.91 Å². The zero-order chi connectivity index (χ0) is 15.0. The van der Waals surface area contributed by atoms with E-state index in [0.29, 0.717) is 28.4 Å². The molecular formula is C15H10ClIN2O2. The molecule has 0 aromatic heterocycles. The smallest absolute Gasteiger partial charge is 0.255 e. The van der Waals surface area contributed by atoms with E-state index in [0.717, 1.165) is 9.13 Å². The SMILES string of the molecule is O=C1Cc2ccc(C(=O)Nc3ccc(I)cc3Cl)cc2N1. The Morgan fingerprint density at radius 2 is 2.05 bits per heavy atom. The van der Waals surface area contributed by atoms with E-state index in [1.165, 1.54) is 0 Å². The third kappa shape index (κ3) is 3.03. The van der Waals surface area contributed by atoms with Crippen molar-refractivity contribution in [3.05, 3.63) is 56.1 Å². The summed E-state index contributed by atoms with van der Waals surface area (Å²) in [5.41, 5.74) is 2.64. The number of rotatable bonds is 2. The molecule has 4 nitrogen and oxygen atoms in total. The number of hydrogen-bond acceptors (Lipinski definition) is 2. The normalized spacial score (nSPS) is 12.8. The Morgan fingerprint density at radius 1 is 1.24 bits per heavy atom. The summed E-state index contributed by atoms with van der Waals surface area (Å²) < 4.78 is 0.996. The van der Waals surface area contributed by atoms with Crippen LogP contribution >= 0.6 is 34.2 Å². The molecule has 1 aliphatic heterocycles. The van der Waals surface area contributed by atoms with Crippen molar-refractivity contribution in [3.8, 4) is 0 Å². The molecule has 1 heterocycles. The van der Waals surface area contributed by atoms with Gasteiger partial charge >= 0.3 is 0 Å². The lowest BCUT2D eigenvalue weighted by Gasteiger charge is -2.08. The molecule has 2 N–H and O–H groups in total. The second kappa shape index (κ2) is 5.65. The fourth-order valence-corrected chi connectivity index (χ4v) is 3.04. The Labute approximate surface area is 140 Å². The van der Waals surface area contributed by atoms with Crippen LogP contribution in [0.2, 0.25) is 5.02 Å². The maximum absolute atomic E-state index is 12.2. The van der Waals surface area contributed by atoms with Crippen LogP contribution < -0.4 is 10.6 Å². The third-order valence-electron chi connectivity index (χ3n) is 3.18. The van der Waals surface area contributed by atoms with E-state index < -0.39 is 0 Å². The lowest BCUT2D eigenvalue weighted by Crippen LogP contribution is -2.12. The Morgan fingerprint density at radius 3 is 2.81 bits per heavy atom. The van der Waals surface area contributed by atoms with E-state index in [1.54, 1.807) is 30.3 Å². The van der Waals surface area contributed by atoms with Crippen LogP contribution in [0.1, 0.15) is 15.9 Å². The van der Waals surface area contributed by atoms with Crippen LogP contribution in [-0.2, 0) is 11.2 Å². The highest BCUT2D eigenvalue weighted by Crippen LogP contribution is 2.26. The lowest BCUT2D eigenvalue weighted by molar-refractivity contribution is -0.115. The van der Waals surface area contributed by atoms with E-state index in [2.05, 4.69) is 33.2 Å². The summed E-state index contributed by atoms with van der Waals surface area (Å²) in [5.74, 6) is -0.315. The molecule has 0 spiro atoms. The second-order valence-electron chi connectivity index (χ2n) is 4.68. The Kier molecular flexibility index (Phi) is 3.86. The Hall–Kier alpha value is -1.60. The lowest BCUT2D eigenvalue weighted by atomic mass is 10.1. The van der Waals surface area contributed by atoms with Crippen molar-refractivity contribution in [2.75, 3.05) is 10.6 Å². The minimum atomic E-state index is -0.262. The summed E-state index contributed by atoms with van der Waals surface area (Å²) >= 11 is 8.25. The first-order valence-electron chi connectivity index (χ1n) is 6.22. The quantitative estimate of drug-likeness (QED) is 0.739. The van der Waals surface area contributed by atoms with Gasteiger partial charge in [-0.3, -0.25) is 9.59 Å². The number of fused-ring (bicyclic) bond motifs is 1. The number of benzene rings is 2. The first-order valence-corrected chi connectivity index (χ1v) is 7.68. The highest BCUT2D eigenvalue weighted by Gasteiger charge is 2.19. The molecule has 0 saturated heterocycles. The van der Waals surface area contributed by atoms with Gasteiger partial charge in [0.15, 0.2) is 0 Å². The van der Waals surface area contributed by atoms with Crippen molar-refractivity contribution < 1.29 is 9.59 Å². The van der Waals surface area contributed by atoms with Crippen molar-refractivity contribution in [2.45, 2.75) is 6.42 Å². The minimum Gasteiger partial charge on any atom is -0.326 e. The average Bonchev–Trinajstić information content (AvgIpc) is 2.80. The molecule has 2 aromatic carbocycles. The maximum Gasteiger partial charge on any atom is 0.255 e. The monoisotopic (exact) mass is 412 g/mol. The molecule has 3 rings (SSSR count). The van der Waals surface area contributed by atoms with Gasteiger partial charge in [-0.05, 0) is 58.5 Å². The first kappa shape index (κ1) is 14.3. The molecular weight excluding hydrogens is 403 g/mol. The first-order chi connectivity index (χ1) is 10.0. The number of nitrogens with one attached hydrogen (secondary N) is 2. The molecule has 1 aliphatic rings. The van der Waals surface area contributed by atoms with Crippen LogP contribution in [0.25, 0.3) is 0 Å². The molecule has 6 heteroatoms. The highest BCUT2D eigenvalue weighted by molar-refractivity contribution is 14.1. The maximum atomic E-state index is 12.2. The molecule has 0 atom stereocenters. The van der Waals surface area contributed by atoms with Gasteiger partial charge in [-0.25, -0.2) is 0 Å². The topological polar surface area (TPSA) is 58.2 Å². The standard InChI is InChI=1S/C15H10ClIN2O2/c16-11-7-10(17)3-4-12(11)19-15(21)9-2-1-8-6-14(20)18-13(8)5-9/h1-5,7H,6H2,(H,18,20)(H,19,21). The number of halogens is 2. The largest absolute Gasteiger partial charge is 0.326 e. The van der Waals surface area contributed by atoms with Crippen LogP contribution in [0.5, 0.6) is 0 Å². The van der Waals surface area contributed by atoms with Crippen molar-refractivity contribution in [1.29, 1.82) is 0 Å². The summed E-state index contributed by atoms with van der Waals surface area (Å²) in [6, 6.07) is 10.6.